The molecule has 0 saturated carbocycles. The molecule has 5 aromatic rings. The van der Waals surface area contributed by atoms with E-state index in [1.165, 1.54) is 33.0 Å². The molecule has 0 fully saturated rings. The van der Waals surface area contributed by atoms with Crippen molar-refractivity contribution in [3.8, 4) is 11.1 Å². The summed E-state index contributed by atoms with van der Waals surface area (Å²) in [6.07, 6.45) is 4.19. The molecule has 34 heavy (non-hydrogen) atoms. The van der Waals surface area contributed by atoms with Crippen LogP contribution in [0.5, 0.6) is 0 Å². The molecular formula is C31H30NOP. The van der Waals surface area contributed by atoms with E-state index >= 15 is 4.57 Å². The average molecular weight is 464 g/mol. The summed E-state index contributed by atoms with van der Waals surface area (Å²) in [5, 5.41) is 5.56. The van der Waals surface area contributed by atoms with Crippen LogP contribution in [-0.2, 0) is 24.5 Å². The van der Waals surface area contributed by atoms with Crippen LogP contribution in [0.2, 0.25) is 0 Å². The number of nitrogens with zero attached hydrogens (tertiary/aromatic N) is 1. The Balaban J connectivity index is 1.92. The normalized spacial score (nSPS) is 16.8. The van der Waals surface area contributed by atoms with Crippen LogP contribution >= 0.6 is 7.14 Å². The Morgan fingerprint density at radius 3 is 2.18 bits per heavy atom. The molecule has 1 aliphatic rings. The highest BCUT2D eigenvalue weighted by Crippen LogP contribution is 2.56. The van der Waals surface area contributed by atoms with Gasteiger partial charge in [0.25, 0.3) is 0 Å². The fourth-order valence-corrected chi connectivity index (χ4v) is 9.49. The number of benzene rings is 4. The van der Waals surface area contributed by atoms with Gasteiger partial charge in [-0.2, -0.15) is 0 Å². The molecule has 1 aliphatic heterocycles. The van der Waals surface area contributed by atoms with Crippen molar-refractivity contribution in [1.82, 2.24) is 4.57 Å². The molecule has 1 unspecified atom stereocenters. The minimum atomic E-state index is -3.04. The lowest BCUT2D eigenvalue weighted by molar-refractivity contribution is 0.593. The Morgan fingerprint density at radius 1 is 0.765 bits per heavy atom. The van der Waals surface area contributed by atoms with E-state index in [0.29, 0.717) is 0 Å². The van der Waals surface area contributed by atoms with Gasteiger partial charge in [-0.3, -0.25) is 0 Å². The number of para-hydroxylation sites is 1. The molecule has 2 nitrogen and oxygen atoms in total. The number of rotatable bonds is 5. The summed E-state index contributed by atoms with van der Waals surface area (Å²) in [7, 11) is -0.889. The van der Waals surface area contributed by atoms with E-state index in [1.807, 2.05) is 24.3 Å². The van der Waals surface area contributed by atoms with Gasteiger partial charge in [-0.1, -0.05) is 99.5 Å². The van der Waals surface area contributed by atoms with Crippen LogP contribution in [0.1, 0.15) is 37.8 Å². The first kappa shape index (κ1) is 21.4. The van der Waals surface area contributed by atoms with Gasteiger partial charge >= 0.3 is 0 Å². The fraction of sp³-hybridized carbons (Fsp3) is 0.226. The van der Waals surface area contributed by atoms with Crippen LogP contribution in [0.3, 0.4) is 0 Å². The predicted octanol–water partition coefficient (Wildman–Crippen LogP) is 6.86. The van der Waals surface area contributed by atoms with Gasteiger partial charge in [0.05, 0.1) is 10.8 Å². The molecule has 0 aliphatic carbocycles. The van der Waals surface area contributed by atoms with Crippen molar-refractivity contribution in [3.63, 3.8) is 0 Å². The molecule has 1 aromatic heterocycles. The standard InChI is InChI=1S/C31H30NOP/c1-4-13-22-23(14-5-2)29-25-18-10-12-20-27(25)34(33,21-15-7-6-8-16-21)31(29)30-28(22)24-17-9-11-19-26(24)32(30)3/h6-12,15-20H,4-5,13-14H2,1-3H3. The Hall–Kier alpha value is -3.09. The SMILES string of the molecule is CCCc1c2c(c3c(c1CCC)c1ccccc1n3C)P(=O)(c1ccccc1)c1ccccc1-2. The van der Waals surface area contributed by atoms with Gasteiger partial charge in [-0.15, -0.1) is 0 Å². The molecule has 6 rings (SSSR count). The molecule has 3 heteroatoms. The second-order valence-corrected chi connectivity index (χ2v) is 12.1. The second-order valence-electron chi connectivity index (χ2n) is 9.44. The third kappa shape index (κ3) is 2.72. The molecule has 4 aromatic carbocycles. The van der Waals surface area contributed by atoms with Crippen LogP contribution in [-0.4, -0.2) is 4.57 Å². The monoisotopic (exact) mass is 463 g/mol. The molecule has 0 saturated heterocycles. The topological polar surface area (TPSA) is 22.0 Å². The van der Waals surface area contributed by atoms with Crippen molar-refractivity contribution in [2.45, 2.75) is 39.5 Å². The van der Waals surface area contributed by atoms with Gasteiger partial charge in [-0.25, -0.2) is 0 Å². The molecule has 0 bridgehead atoms. The van der Waals surface area contributed by atoms with E-state index in [2.05, 4.69) is 80.1 Å². The van der Waals surface area contributed by atoms with E-state index in [1.54, 1.807) is 0 Å². The minimum Gasteiger partial charge on any atom is -0.343 e. The van der Waals surface area contributed by atoms with Crippen LogP contribution in [0.4, 0.5) is 0 Å². The van der Waals surface area contributed by atoms with Crippen molar-refractivity contribution < 1.29 is 4.57 Å². The first-order valence-electron chi connectivity index (χ1n) is 12.4. The Bertz CT molecular complexity index is 1610. The van der Waals surface area contributed by atoms with Crippen LogP contribution in [0.15, 0.2) is 78.9 Å². The summed E-state index contributed by atoms with van der Waals surface area (Å²) in [6, 6.07) is 27.3. The number of hydrogen-bond acceptors (Lipinski definition) is 1. The summed E-state index contributed by atoms with van der Waals surface area (Å²) in [6.45, 7) is 4.52. The lowest BCUT2D eigenvalue weighted by Crippen LogP contribution is -2.23. The largest absolute Gasteiger partial charge is 0.343 e. The smallest absolute Gasteiger partial charge is 0.174 e. The molecule has 0 spiro atoms. The van der Waals surface area contributed by atoms with Crippen molar-refractivity contribution in [2.24, 2.45) is 7.05 Å². The minimum absolute atomic E-state index is 0.929. The molecule has 1 atom stereocenters. The molecule has 0 N–H and O–H groups in total. The van der Waals surface area contributed by atoms with Crippen LogP contribution in [0, 0.1) is 0 Å². The van der Waals surface area contributed by atoms with Crippen molar-refractivity contribution in [1.29, 1.82) is 0 Å². The van der Waals surface area contributed by atoms with Gasteiger partial charge in [-0.05, 0) is 41.2 Å². The summed E-state index contributed by atoms with van der Waals surface area (Å²) in [4.78, 5) is 0. The zero-order chi connectivity index (χ0) is 23.4. The van der Waals surface area contributed by atoms with Crippen molar-refractivity contribution in [2.75, 3.05) is 0 Å². The number of fused-ring (bicyclic) bond motifs is 7. The lowest BCUT2D eigenvalue weighted by Gasteiger charge is -2.21. The van der Waals surface area contributed by atoms with Gasteiger partial charge in [0, 0.05) is 33.9 Å². The van der Waals surface area contributed by atoms with Gasteiger partial charge in [0.15, 0.2) is 7.14 Å². The maximum absolute atomic E-state index is 15.5. The fourth-order valence-electron chi connectivity index (χ4n) is 6.17. The molecule has 0 amide bonds. The van der Waals surface area contributed by atoms with E-state index in [-0.39, 0.29) is 0 Å². The maximum atomic E-state index is 15.5. The quantitative estimate of drug-likeness (QED) is 0.256. The Labute approximate surface area is 201 Å². The molecule has 2 heterocycles. The summed E-state index contributed by atoms with van der Waals surface area (Å²) >= 11 is 0. The van der Waals surface area contributed by atoms with E-state index in [0.717, 1.165) is 52.7 Å². The zero-order valence-corrected chi connectivity index (χ0v) is 21.0. The number of aromatic nitrogens is 1. The van der Waals surface area contributed by atoms with Gasteiger partial charge in [0.1, 0.15) is 0 Å². The highest BCUT2D eigenvalue weighted by atomic mass is 31.2. The highest BCUT2D eigenvalue weighted by Gasteiger charge is 2.44. The summed E-state index contributed by atoms with van der Waals surface area (Å²) < 4.78 is 17.8. The predicted molar refractivity (Wildman–Crippen MR) is 147 cm³/mol. The molecular weight excluding hydrogens is 433 g/mol. The molecule has 0 radical (unpaired) electrons. The zero-order valence-electron chi connectivity index (χ0n) is 20.1. The summed E-state index contributed by atoms with van der Waals surface area (Å²) in [5.41, 5.74) is 7.63. The van der Waals surface area contributed by atoms with Crippen LogP contribution < -0.4 is 15.9 Å². The number of aryl methyl sites for hydroxylation is 2. The highest BCUT2D eigenvalue weighted by molar-refractivity contribution is 7.86. The van der Waals surface area contributed by atoms with Gasteiger partial charge in [0.2, 0.25) is 0 Å². The average Bonchev–Trinajstić information content (AvgIpc) is 3.32. The molecule has 170 valence electrons. The number of hydrogen-bond donors (Lipinski definition) is 0. The first-order chi connectivity index (χ1) is 16.6. The maximum Gasteiger partial charge on any atom is 0.174 e. The van der Waals surface area contributed by atoms with E-state index in [9.17, 15) is 0 Å². The lowest BCUT2D eigenvalue weighted by atomic mass is 9.87. The van der Waals surface area contributed by atoms with E-state index < -0.39 is 7.14 Å². The van der Waals surface area contributed by atoms with E-state index in [4.69, 9.17) is 0 Å². The van der Waals surface area contributed by atoms with Crippen LogP contribution in [0.25, 0.3) is 32.9 Å². The Kier molecular flexibility index (Phi) is 5.04. The third-order valence-corrected chi connectivity index (χ3v) is 10.6. The Morgan fingerprint density at radius 2 is 1.41 bits per heavy atom. The van der Waals surface area contributed by atoms with Crippen molar-refractivity contribution in [3.05, 3.63) is 90.0 Å². The summed E-state index contributed by atoms with van der Waals surface area (Å²) in [5.74, 6) is 0. The van der Waals surface area contributed by atoms with Crippen molar-refractivity contribution >= 4 is 44.9 Å². The third-order valence-electron chi connectivity index (χ3n) is 7.48. The second kappa shape index (κ2) is 8.00. The van der Waals surface area contributed by atoms with Gasteiger partial charge < -0.3 is 9.13 Å². The first-order valence-corrected chi connectivity index (χ1v) is 14.1.